The fourth-order valence-electron chi connectivity index (χ4n) is 2.81. The van der Waals surface area contributed by atoms with Crippen LogP contribution in [0.2, 0.25) is 0 Å². The molecule has 4 rings (SSSR count). The average Bonchev–Trinajstić information content (AvgIpc) is 3.19. The number of carbonyl (C=O) groups excluding carboxylic acids is 1. The number of ether oxygens (including phenoxy) is 1. The summed E-state index contributed by atoms with van der Waals surface area (Å²) in [6.45, 7) is 1.86. The van der Waals surface area contributed by atoms with Crippen LogP contribution in [-0.4, -0.2) is 59.0 Å². The first-order chi connectivity index (χ1) is 12.1. The number of amides is 1. The van der Waals surface area contributed by atoms with Crippen LogP contribution in [0.3, 0.4) is 0 Å². The van der Waals surface area contributed by atoms with Gasteiger partial charge in [0.05, 0.1) is 4.88 Å². The first kappa shape index (κ1) is 15.6. The Morgan fingerprint density at radius 1 is 1.24 bits per heavy atom. The van der Waals surface area contributed by atoms with Gasteiger partial charge in [0.15, 0.2) is 5.70 Å². The van der Waals surface area contributed by atoms with Crippen LogP contribution in [0.4, 0.5) is 4.79 Å². The van der Waals surface area contributed by atoms with E-state index in [-0.39, 0.29) is 5.70 Å². The Balaban J connectivity index is 1.53. The minimum Gasteiger partial charge on any atom is -0.465 e. The van der Waals surface area contributed by atoms with Crippen molar-refractivity contribution in [3.05, 3.63) is 47.1 Å². The molecule has 0 aliphatic carbocycles. The van der Waals surface area contributed by atoms with E-state index in [9.17, 15) is 9.59 Å². The van der Waals surface area contributed by atoms with Crippen LogP contribution in [0.25, 0.3) is 10.1 Å². The van der Waals surface area contributed by atoms with Gasteiger partial charge in [-0.25, -0.2) is 14.6 Å². The summed E-state index contributed by atoms with van der Waals surface area (Å²) in [5, 5.41) is 10.1. The number of benzene rings is 1. The van der Waals surface area contributed by atoms with E-state index in [2.05, 4.69) is 4.99 Å². The largest absolute Gasteiger partial charge is 0.465 e. The van der Waals surface area contributed by atoms with Gasteiger partial charge in [0.25, 0.3) is 0 Å². The lowest BCUT2D eigenvalue weighted by molar-refractivity contribution is -0.130. The molecule has 1 fully saturated rings. The Hall–Kier alpha value is -2.87. The van der Waals surface area contributed by atoms with Crippen LogP contribution in [0, 0.1) is 0 Å². The van der Waals surface area contributed by atoms with Crippen LogP contribution in [0.5, 0.6) is 0 Å². The zero-order valence-corrected chi connectivity index (χ0v) is 14.0. The van der Waals surface area contributed by atoms with Crippen LogP contribution in [0.15, 0.2) is 47.2 Å². The SMILES string of the molecule is O=C1OC(c2cc3ccccc3s2)=N/C1=C/N1CCN(C(=O)O)CC1. The molecule has 7 nitrogen and oxygen atoms in total. The van der Waals surface area contributed by atoms with Crippen molar-refractivity contribution in [2.24, 2.45) is 4.99 Å². The Morgan fingerprint density at radius 2 is 2.00 bits per heavy atom. The molecule has 3 heterocycles. The maximum absolute atomic E-state index is 12.1. The first-order valence-electron chi connectivity index (χ1n) is 7.84. The minimum absolute atomic E-state index is 0.247. The highest BCUT2D eigenvalue weighted by Crippen LogP contribution is 2.28. The number of esters is 1. The Bertz CT molecular complexity index is 877. The molecule has 0 saturated carbocycles. The van der Waals surface area contributed by atoms with Gasteiger partial charge in [-0.2, -0.15) is 0 Å². The van der Waals surface area contributed by atoms with Gasteiger partial charge >= 0.3 is 12.1 Å². The lowest BCUT2D eigenvalue weighted by Gasteiger charge is -2.32. The average molecular weight is 357 g/mol. The van der Waals surface area contributed by atoms with Crippen molar-refractivity contribution < 1.29 is 19.4 Å². The molecule has 25 heavy (non-hydrogen) atoms. The molecule has 1 amide bonds. The van der Waals surface area contributed by atoms with E-state index in [0.29, 0.717) is 32.1 Å². The van der Waals surface area contributed by atoms with E-state index in [1.54, 1.807) is 6.20 Å². The smallest absolute Gasteiger partial charge is 0.407 e. The van der Waals surface area contributed by atoms with Gasteiger partial charge in [-0.3, -0.25) is 0 Å². The number of aliphatic imine (C=N–C) groups is 1. The summed E-state index contributed by atoms with van der Waals surface area (Å²) in [5.74, 6) is -0.158. The van der Waals surface area contributed by atoms with Crippen molar-refractivity contribution in [3.63, 3.8) is 0 Å². The number of piperazine rings is 1. The number of carboxylic acid groups (broad SMARTS) is 1. The Labute approximate surface area is 147 Å². The second-order valence-electron chi connectivity index (χ2n) is 5.77. The summed E-state index contributed by atoms with van der Waals surface area (Å²) in [6, 6.07) is 9.90. The van der Waals surface area contributed by atoms with Crippen molar-refractivity contribution in [1.29, 1.82) is 0 Å². The molecule has 1 N–H and O–H groups in total. The third-order valence-electron chi connectivity index (χ3n) is 4.15. The van der Waals surface area contributed by atoms with Crippen molar-refractivity contribution in [1.82, 2.24) is 9.80 Å². The van der Waals surface area contributed by atoms with Gasteiger partial charge in [-0.1, -0.05) is 18.2 Å². The monoisotopic (exact) mass is 357 g/mol. The van der Waals surface area contributed by atoms with Crippen molar-refractivity contribution in [3.8, 4) is 0 Å². The highest BCUT2D eigenvalue weighted by molar-refractivity contribution is 7.20. The van der Waals surface area contributed by atoms with Gasteiger partial charge < -0.3 is 19.6 Å². The summed E-state index contributed by atoms with van der Waals surface area (Å²) in [4.78, 5) is 31.4. The maximum Gasteiger partial charge on any atom is 0.407 e. The van der Waals surface area contributed by atoms with E-state index in [1.807, 2.05) is 35.2 Å². The predicted octanol–water partition coefficient (Wildman–Crippen LogP) is 2.34. The third-order valence-corrected chi connectivity index (χ3v) is 5.25. The number of hydrogen-bond donors (Lipinski definition) is 1. The second-order valence-corrected chi connectivity index (χ2v) is 6.86. The van der Waals surface area contributed by atoms with E-state index < -0.39 is 12.1 Å². The number of carbonyl (C=O) groups is 2. The molecule has 0 unspecified atom stereocenters. The van der Waals surface area contributed by atoms with E-state index in [4.69, 9.17) is 9.84 Å². The van der Waals surface area contributed by atoms with Crippen molar-refractivity contribution >= 4 is 39.4 Å². The number of thiophene rings is 1. The van der Waals surface area contributed by atoms with Gasteiger partial charge in [0.2, 0.25) is 5.90 Å². The Kier molecular flexibility index (Phi) is 3.89. The van der Waals surface area contributed by atoms with Gasteiger partial charge in [0.1, 0.15) is 0 Å². The fourth-order valence-corrected chi connectivity index (χ4v) is 3.80. The normalized spacial score (nSPS) is 19.4. The van der Waals surface area contributed by atoms with Gasteiger partial charge in [-0.15, -0.1) is 11.3 Å². The van der Waals surface area contributed by atoms with Crippen LogP contribution in [-0.2, 0) is 9.53 Å². The number of rotatable bonds is 2. The molecule has 8 heteroatoms. The molecule has 2 aliphatic heterocycles. The quantitative estimate of drug-likeness (QED) is 0.659. The summed E-state index contributed by atoms with van der Waals surface area (Å²) in [7, 11) is 0. The summed E-state index contributed by atoms with van der Waals surface area (Å²) >= 11 is 1.53. The molecule has 0 spiro atoms. The molecular formula is C17H15N3O4S. The summed E-state index contributed by atoms with van der Waals surface area (Å²) in [6.07, 6.45) is 0.736. The summed E-state index contributed by atoms with van der Waals surface area (Å²) < 4.78 is 6.42. The van der Waals surface area contributed by atoms with Crippen molar-refractivity contribution in [2.75, 3.05) is 26.2 Å². The second kappa shape index (κ2) is 6.21. The topological polar surface area (TPSA) is 82.4 Å². The molecule has 1 aromatic heterocycles. The van der Waals surface area contributed by atoms with Crippen molar-refractivity contribution in [2.45, 2.75) is 0 Å². The van der Waals surface area contributed by atoms with Crippen LogP contribution >= 0.6 is 11.3 Å². The molecule has 0 radical (unpaired) electrons. The lowest BCUT2D eigenvalue weighted by Crippen LogP contribution is -2.46. The molecule has 1 aromatic carbocycles. The van der Waals surface area contributed by atoms with Gasteiger partial charge in [-0.05, 0) is 17.5 Å². The number of hydrogen-bond acceptors (Lipinski definition) is 6. The Morgan fingerprint density at radius 3 is 2.72 bits per heavy atom. The molecule has 0 bridgehead atoms. The summed E-state index contributed by atoms with van der Waals surface area (Å²) in [5.41, 5.74) is 0.247. The highest BCUT2D eigenvalue weighted by Gasteiger charge is 2.27. The third kappa shape index (κ3) is 3.08. The number of cyclic esters (lactones) is 1. The molecule has 128 valence electrons. The molecule has 2 aromatic rings. The molecule has 2 aliphatic rings. The molecule has 1 saturated heterocycles. The first-order valence-corrected chi connectivity index (χ1v) is 8.65. The molecule has 0 atom stereocenters. The standard InChI is InChI=1S/C17H15N3O4S/c21-16-12(10-19-5-7-20(8-6-19)17(22)23)18-15(24-16)14-9-11-3-1-2-4-13(11)25-14/h1-4,9-10H,5-8H2,(H,22,23)/b12-10+. The minimum atomic E-state index is -0.919. The van der Waals surface area contributed by atoms with E-state index >= 15 is 0 Å². The number of fused-ring (bicyclic) bond motifs is 1. The zero-order chi connectivity index (χ0) is 17.4. The predicted molar refractivity (Wildman–Crippen MR) is 93.7 cm³/mol. The van der Waals surface area contributed by atoms with Crippen LogP contribution < -0.4 is 0 Å². The van der Waals surface area contributed by atoms with E-state index in [1.165, 1.54) is 16.2 Å². The zero-order valence-electron chi connectivity index (χ0n) is 13.2. The highest BCUT2D eigenvalue weighted by atomic mass is 32.1. The fraction of sp³-hybridized carbons (Fsp3) is 0.235. The maximum atomic E-state index is 12.1. The van der Waals surface area contributed by atoms with Gasteiger partial charge in [0, 0.05) is 37.1 Å². The van der Waals surface area contributed by atoms with Crippen LogP contribution in [0.1, 0.15) is 4.88 Å². The number of nitrogens with zero attached hydrogens (tertiary/aromatic N) is 3. The lowest BCUT2D eigenvalue weighted by atomic mass is 10.2. The van der Waals surface area contributed by atoms with E-state index in [0.717, 1.165) is 15.0 Å². The molecular weight excluding hydrogens is 342 g/mol.